The molecule has 2 nitrogen and oxygen atoms in total. The minimum atomic E-state index is 0.955. The van der Waals surface area contributed by atoms with Crippen molar-refractivity contribution in [1.29, 1.82) is 0 Å². The van der Waals surface area contributed by atoms with Gasteiger partial charge in [-0.2, -0.15) is 0 Å². The zero-order chi connectivity index (χ0) is 10.7. The van der Waals surface area contributed by atoms with Crippen molar-refractivity contribution < 1.29 is 0 Å². The monoisotopic (exact) mass is 288 g/mol. The van der Waals surface area contributed by atoms with Gasteiger partial charge >= 0.3 is 0 Å². The van der Waals surface area contributed by atoms with E-state index in [-0.39, 0.29) is 0 Å². The van der Waals surface area contributed by atoms with E-state index in [2.05, 4.69) is 26.2 Å². The van der Waals surface area contributed by atoms with Crippen LogP contribution in [-0.2, 0) is 6.42 Å². The van der Waals surface area contributed by atoms with Crippen molar-refractivity contribution >= 4 is 32.4 Å². The highest BCUT2D eigenvalue weighted by Gasteiger charge is 2.16. The molecule has 0 bridgehead atoms. The van der Waals surface area contributed by atoms with Crippen LogP contribution in [0.15, 0.2) is 3.79 Å². The predicted octanol–water partition coefficient (Wildman–Crippen LogP) is 4.07. The number of halogens is 1. The molecular weight excluding hydrogens is 272 g/mol. The standard InChI is InChI=1S/C11H17BrN2S/c1-13-11-14-9(10(12)15-11)7-6-8-4-2-3-5-8/h8H,2-7H2,1H3,(H,13,14). The van der Waals surface area contributed by atoms with E-state index in [0.29, 0.717) is 0 Å². The van der Waals surface area contributed by atoms with E-state index < -0.39 is 0 Å². The van der Waals surface area contributed by atoms with E-state index in [0.717, 1.165) is 17.5 Å². The van der Waals surface area contributed by atoms with E-state index in [1.807, 2.05) is 7.05 Å². The van der Waals surface area contributed by atoms with Gasteiger partial charge in [0.1, 0.15) is 0 Å². The Kier molecular flexibility index (Phi) is 4.03. The van der Waals surface area contributed by atoms with Gasteiger partial charge in [0.2, 0.25) is 0 Å². The molecule has 4 heteroatoms. The summed E-state index contributed by atoms with van der Waals surface area (Å²) in [6.07, 6.45) is 8.17. The summed E-state index contributed by atoms with van der Waals surface area (Å²) in [6.45, 7) is 0. The Bertz CT molecular complexity index is 318. The molecule has 1 saturated carbocycles. The summed E-state index contributed by atoms with van der Waals surface area (Å²) in [5.41, 5.74) is 1.23. The van der Waals surface area contributed by atoms with Gasteiger partial charge in [-0.1, -0.05) is 37.0 Å². The van der Waals surface area contributed by atoms with Crippen molar-refractivity contribution in [2.75, 3.05) is 12.4 Å². The molecule has 0 radical (unpaired) electrons. The number of nitrogens with one attached hydrogen (secondary N) is 1. The van der Waals surface area contributed by atoms with Gasteiger partial charge in [0, 0.05) is 7.05 Å². The van der Waals surface area contributed by atoms with Gasteiger partial charge in [-0.25, -0.2) is 4.98 Å². The molecule has 1 aliphatic carbocycles. The van der Waals surface area contributed by atoms with Crippen LogP contribution in [0, 0.1) is 5.92 Å². The molecule has 1 aromatic rings. The molecule has 0 unspecified atom stereocenters. The molecule has 1 fully saturated rings. The molecule has 1 aromatic heterocycles. The molecule has 0 spiro atoms. The van der Waals surface area contributed by atoms with Gasteiger partial charge in [0.05, 0.1) is 9.48 Å². The van der Waals surface area contributed by atoms with E-state index in [1.54, 1.807) is 11.3 Å². The Labute approximate surface area is 104 Å². The zero-order valence-corrected chi connectivity index (χ0v) is 11.5. The van der Waals surface area contributed by atoms with Crippen LogP contribution in [0.3, 0.4) is 0 Å². The van der Waals surface area contributed by atoms with E-state index in [4.69, 9.17) is 0 Å². The fourth-order valence-electron chi connectivity index (χ4n) is 2.23. The Morgan fingerprint density at radius 2 is 2.20 bits per heavy atom. The first-order valence-electron chi connectivity index (χ1n) is 5.62. The summed E-state index contributed by atoms with van der Waals surface area (Å²) >= 11 is 5.27. The van der Waals surface area contributed by atoms with Crippen molar-refractivity contribution in [3.05, 3.63) is 9.48 Å². The fourth-order valence-corrected chi connectivity index (χ4v) is 3.67. The van der Waals surface area contributed by atoms with Crippen LogP contribution in [0.2, 0.25) is 0 Å². The van der Waals surface area contributed by atoms with Gasteiger partial charge < -0.3 is 5.32 Å². The number of thiazole rings is 1. The van der Waals surface area contributed by atoms with E-state index in [9.17, 15) is 0 Å². The number of nitrogens with zero attached hydrogens (tertiary/aromatic N) is 1. The minimum Gasteiger partial charge on any atom is -0.365 e. The molecule has 0 aliphatic heterocycles. The first-order chi connectivity index (χ1) is 7.29. The van der Waals surface area contributed by atoms with Crippen molar-refractivity contribution in [1.82, 2.24) is 4.98 Å². The van der Waals surface area contributed by atoms with Crippen molar-refractivity contribution in [3.63, 3.8) is 0 Å². The number of aromatic nitrogens is 1. The second-order valence-corrected chi connectivity index (χ2v) is 6.50. The van der Waals surface area contributed by atoms with Crippen molar-refractivity contribution in [2.24, 2.45) is 5.92 Å². The number of hydrogen-bond acceptors (Lipinski definition) is 3. The first-order valence-corrected chi connectivity index (χ1v) is 7.23. The number of anilines is 1. The molecule has 0 aromatic carbocycles. The third kappa shape index (κ3) is 2.94. The smallest absolute Gasteiger partial charge is 0.183 e. The third-order valence-corrected chi connectivity index (χ3v) is 4.97. The Balaban J connectivity index is 1.89. The fraction of sp³-hybridized carbons (Fsp3) is 0.727. The molecule has 15 heavy (non-hydrogen) atoms. The lowest BCUT2D eigenvalue weighted by molar-refractivity contribution is 0.501. The lowest BCUT2D eigenvalue weighted by atomic mass is 10.0. The van der Waals surface area contributed by atoms with Gasteiger partial charge in [-0.05, 0) is 34.7 Å². The predicted molar refractivity (Wildman–Crippen MR) is 69.6 cm³/mol. The molecule has 1 aliphatic rings. The lowest BCUT2D eigenvalue weighted by Gasteiger charge is -2.06. The van der Waals surface area contributed by atoms with E-state index >= 15 is 0 Å². The van der Waals surface area contributed by atoms with Gasteiger partial charge in [-0.3, -0.25) is 0 Å². The normalized spacial score (nSPS) is 17.2. The minimum absolute atomic E-state index is 0.955. The largest absolute Gasteiger partial charge is 0.365 e. The zero-order valence-electron chi connectivity index (χ0n) is 9.05. The SMILES string of the molecule is CNc1nc(CCC2CCCC2)c(Br)s1. The van der Waals surface area contributed by atoms with Crippen molar-refractivity contribution in [2.45, 2.75) is 38.5 Å². The highest BCUT2D eigenvalue weighted by atomic mass is 79.9. The number of rotatable bonds is 4. The van der Waals surface area contributed by atoms with Crippen LogP contribution in [0.1, 0.15) is 37.8 Å². The summed E-state index contributed by atoms with van der Waals surface area (Å²) in [7, 11) is 1.92. The maximum atomic E-state index is 4.55. The molecule has 0 atom stereocenters. The quantitative estimate of drug-likeness (QED) is 0.903. The summed E-state index contributed by atoms with van der Waals surface area (Å²) in [5, 5.41) is 4.11. The highest BCUT2D eigenvalue weighted by Crippen LogP contribution is 2.32. The number of aryl methyl sites for hydroxylation is 1. The van der Waals surface area contributed by atoms with Crippen molar-refractivity contribution in [3.8, 4) is 0 Å². The summed E-state index contributed by atoms with van der Waals surface area (Å²) < 4.78 is 1.20. The second-order valence-electron chi connectivity index (χ2n) is 4.18. The first kappa shape index (κ1) is 11.4. The lowest BCUT2D eigenvalue weighted by Crippen LogP contribution is -1.97. The van der Waals surface area contributed by atoms with Gasteiger partial charge in [0.15, 0.2) is 5.13 Å². The maximum absolute atomic E-state index is 4.55. The van der Waals surface area contributed by atoms with Crippen LogP contribution in [-0.4, -0.2) is 12.0 Å². The summed E-state index contributed by atoms with van der Waals surface area (Å²) in [6, 6.07) is 0. The molecule has 0 amide bonds. The Hall–Kier alpha value is -0.0900. The van der Waals surface area contributed by atoms with Crippen LogP contribution in [0.25, 0.3) is 0 Å². The number of hydrogen-bond donors (Lipinski definition) is 1. The average Bonchev–Trinajstić information content (AvgIpc) is 2.84. The van der Waals surface area contributed by atoms with Crippen LogP contribution >= 0.6 is 27.3 Å². The summed E-state index contributed by atoms with van der Waals surface area (Å²) in [5.74, 6) is 0.955. The van der Waals surface area contributed by atoms with Crippen LogP contribution in [0.5, 0.6) is 0 Å². The van der Waals surface area contributed by atoms with Gasteiger partial charge in [-0.15, -0.1) is 0 Å². The van der Waals surface area contributed by atoms with Crippen LogP contribution in [0.4, 0.5) is 5.13 Å². The average molecular weight is 289 g/mol. The summed E-state index contributed by atoms with van der Waals surface area (Å²) in [4.78, 5) is 4.55. The topological polar surface area (TPSA) is 24.9 Å². The molecule has 0 saturated heterocycles. The second kappa shape index (κ2) is 5.30. The van der Waals surface area contributed by atoms with Gasteiger partial charge in [0.25, 0.3) is 0 Å². The molecule has 1 N–H and O–H groups in total. The third-order valence-electron chi connectivity index (χ3n) is 3.13. The van der Waals surface area contributed by atoms with E-state index in [1.165, 1.54) is 41.6 Å². The molecule has 84 valence electrons. The van der Waals surface area contributed by atoms with Crippen LogP contribution < -0.4 is 5.32 Å². The Morgan fingerprint density at radius 1 is 1.47 bits per heavy atom. The Morgan fingerprint density at radius 3 is 2.80 bits per heavy atom. The maximum Gasteiger partial charge on any atom is 0.183 e. The highest BCUT2D eigenvalue weighted by molar-refractivity contribution is 9.11. The molecule has 1 heterocycles. The molecule has 2 rings (SSSR count). The molecular formula is C11H17BrN2S.